The molecule has 0 spiro atoms. The number of hydrogen-bond acceptors (Lipinski definition) is 5. The number of rotatable bonds is 6. The molecule has 7 heteroatoms. The zero-order chi connectivity index (χ0) is 16.4. The van der Waals surface area contributed by atoms with Gasteiger partial charge < -0.3 is 0 Å². The van der Waals surface area contributed by atoms with E-state index in [0.29, 0.717) is 34.3 Å². The third-order valence-corrected chi connectivity index (χ3v) is 4.37. The molecule has 1 aromatic heterocycles. The molecule has 0 radical (unpaired) electrons. The zero-order valence-electron chi connectivity index (χ0n) is 12.7. The summed E-state index contributed by atoms with van der Waals surface area (Å²) < 4.78 is 1.54. The smallest absolute Gasteiger partial charge is 0.267 e. The van der Waals surface area contributed by atoms with E-state index in [1.165, 1.54) is 11.8 Å². The summed E-state index contributed by atoms with van der Waals surface area (Å²) >= 11 is 1.39. The molecule has 1 aliphatic heterocycles. The Balaban J connectivity index is 2.07. The molecule has 2 amide bonds. The molecular formula is C16H16N4O2S. The first-order valence-electron chi connectivity index (χ1n) is 7.35. The molecule has 2 heterocycles. The molecular weight excluding hydrogens is 312 g/mol. The minimum atomic E-state index is -0.344. The summed E-state index contributed by atoms with van der Waals surface area (Å²) in [4.78, 5) is 25.4. The summed E-state index contributed by atoms with van der Waals surface area (Å²) in [5.74, 6) is 0.535. The minimum Gasteiger partial charge on any atom is -0.267 e. The number of aryl methyl sites for hydroxylation is 1. The van der Waals surface area contributed by atoms with Gasteiger partial charge in [-0.1, -0.05) is 36.9 Å². The SMILES string of the molecule is C=CCSc1nnc(CCC)n1N1C(=O)c2ccccc2C1=O. The van der Waals surface area contributed by atoms with Gasteiger partial charge in [-0.15, -0.1) is 16.8 Å². The van der Waals surface area contributed by atoms with Crippen LogP contribution < -0.4 is 5.01 Å². The quantitative estimate of drug-likeness (QED) is 0.463. The first-order valence-corrected chi connectivity index (χ1v) is 8.33. The second kappa shape index (κ2) is 6.37. The van der Waals surface area contributed by atoms with Gasteiger partial charge in [0.05, 0.1) is 11.1 Å². The molecule has 23 heavy (non-hydrogen) atoms. The fourth-order valence-corrected chi connectivity index (χ4v) is 3.13. The van der Waals surface area contributed by atoms with Crippen LogP contribution in [0.2, 0.25) is 0 Å². The fourth-order valence-electron chi connectivity index (χ4n) is 2.46. The molecule has 0 N–H and O–H groups in total. The molecule has 1 aliphatic rings. The van der Waals surface area contributed by atoms with Crippen LogP contribution in [-0.4, -0.2) is 32.4 Å². The summed E-state index contributed by atoms with van der Waals surface area (Å²) in [6.07, 6.45) is 3.22. The average Bonchev–Trinajstić information content (AvgIpc) is 3.06. The van der Waals surface area contributed by atoms with Crippen molar-refractivity contribution in [3.63, 3.8) is 0 Å². The maximum absolute atomic E-state index is 12.7. The molecule has 0 atom stereocenters. The Labute approximate surface area is 138 Å². The third-order valence-electron chi connectivity index (χ3n) is 3.45. The molecule has 118 valence electrons. The van der Waals surface area contributed by atoms with Crippen LogP contribution in [-0.2, 0) is 6.42 Å². The van der Waals surface area contributed by atoms with E-state index in [2.05, 4.69) is 16.8 Å². The number of imide groups is 1. The van der Waals surface area contributed by atoms with Crippen LogP contribution in [0.1, 0.15) is 39.9 Å². The lowest BCUT2D eigenvalue weighted by molar-refractivity contribution is 0.0879. The van der Waals surface area contributed by atoms with Gasteiger partial charge in [0.25, 0.3) is 11.8 Å². The van der Waals surface area contributed by atoms with Gasteiger partial charge in [0.1, 0.15) is 0 Å². The molecule has 3 rings (SSSR count). The highest BCUT2D eigenvalue weighted by atomic mass is 32.2. The van der Waals surface area contributed by atoms with Crippen molar-refractivity contribution in [2.45, 2.75) is 24.9 Å². The lowest BCUT2D eigenvalue weighted by Gasteiger charge is -2.18. The van der Waals surface area contributed by atoms with E-state index in [4.69, 9.17) is 0 Å². The number of hydrogen-bond donors (Lipinski definition) is 0. The maximum atomic E-state index is 12.7. The van der Waals surface area contributed by atoms with Gasteiger partial charge in [0.2, 0.25) is 5.16 Å². The Hall–Kier alpha value is -2.41. The Bertz CT molecular complexity index is 749. The van der Waals surface area contributed by atoms with Crippen molar-refractivity contribution >= 4 is 23.6 Å². The Morgan fingerprint density at radius 1 is 1.17 bits per heavy atom. The number of nitrogens with zero attached hydrogens (tertiary/aromatic N) is 4. The number of aromatic nitrogens is 3. The summed E-state index contributed by atoms with van der Waals surface area (Å²) in [6.45, 7) is 5.69. The van der Waals surface area contributed by atoms with E-state index in [1.807, 2.05) is 6.92 Å². The Kier molecular flexibility index (Phi) is 4.29. The van der Waals surface area contributed by atoms with Gasteiger partial charge in [-0.25, -0.2) is 4.68 Å². The van der Waals surface area contributed by atoms with Crippen LogP contribution in [0.4, 0.5) is 0 Å². The summed E-state index contributed by atoms with van der Waals surface area (Å²) in [6, 6.07) is 6.83. The highest BCUT2D eigenvalue weighted by Gasteiger charge is 2.39. The van der Waals surface area contributed by atoms with Crippen LogP contribution in [0.15, 0.2) is 42.1 Å². The third kappa shape index (κ3) is 2.57. The molecule has 2 aromatic rings. The van der Waals surface area contributed by atoms with Gasteiger partial charge in [-0.3, -0.25) is 9.59 Å². The molecule has 0 aliphatic carbocycles. The van der Waals surface area contributed by atoms with Crippen LogP contribution in [0, 0.1) is 0 Å². The van der Waals surface area contributed by atoms with Crippen LogP contribution in [0.5, 0.6) is 0 Å². The highest BCUT2D eigenvalue weighted by molar-refractivity contribution is 7.99. The monoisotopic (exact) mass is 328 g/mol. The van der Waals surface area contributed by atoms with Crippen molar-refractivity contribution < 1.29 is 9.59 Å². The Morgan fingerprint density at radius 3 is 2.39 bits per heavy atom. The van der Waals surface area contributed by atoms with E-state index in [1.54, 1.807) is 35.0 Å². The van der Waals surface area contributed by atoms with Gasteiger partial charge in [-0.2, -0.15) is 5.01 Å². The molecule has 0 saturated heterocycles. The van der Waals surface area contributed by atoms with Crippen molar-refractivity contribution in [3.05, 3.63) is 53.9 Å². The molecule has 1 aromatic carbocycles. The van der Waals surface area contributed by atoms with Crippen molar-refractivity contribution in [1.29, 1.82) is 0 Å². The number of benzene rings is 1. The van der Waals surface area contributed by atoms with Gasteiger partial charge in [0, 0.05) is 12.2 Å². The van der Waals surface area contributed by atoms with Gasteiger partial charge in [0.15, 0.2) is 5.82 Å². The summed E-state index contributed by atoms with van der Waals surface area (Å²) in [5.41, 5.74) is 0.821. The molecule has 0 unspecified atom stereocenters. The second-order valence-electron chi connectivity index (χ2n) is 5.03. The number of carbonyl (C=O) groups is 2. The normalized spacial score (nSPS) is 13.5. The molecule has 0 saturated carbocycles. The molecule has 0 bridgehead atoms. The average molecular weight is 328 g/mol. The van der Waals surface area contributed by atoms with Crippen molar-refractivity contribution in [3.8, 4) is 0 Å². The largest absolute Gasteiger partial charge is 0.281 e. The molecule has 0 fully saturated rings. The number of amides is 2. The predicted molar refractivity (Wildman–Crippen MR) is 88.3 cm³/mol. The van der Waals surface area contributed by atoms with E-state index < -0.39 is 0 Å². The van der Waals surface area contributed by atoms with Gasteiger partial charge in [-0.05, 0) is 18.6 Å². The number of thioether (sulfide) groups is 1. The van der Waals surface area contributed by atoms with Crippen LogP contribution in [0.3, 0.4) is 0 Å². The topological polar surface area (TPSA) is 68.1 Å². The maximum Gasteiger partial charge on any atom is 0.281 e. The van der Waals surface area contributed by atoms with E-state index in [0.717, 1.165) is 11.4 Å². The van der Waals surface area contributed by atoms with Crippen molar-refractivity contribution in [2.75, 3.05) is 10.8 Å². The zero-order valence-corrected chi connectivity index (χ0v) is 13.5. The number of carbonyl (C=O) groups excluding carboxylic acids is 2. The summed E-state index contributed by atoms with van der Waals surface area (Å²) in [5, 5.41) is 9.93. The summed E-state index contributed by atoms with van der Waals surface area (Å²) in [7, 11) is 0. The second-order valence-corrected chi connectivity index (χ2v) is 6.02. The van der Waals surface area contributed by atoms with E-state index >= 15 is 0 Å². The standard InChI is InChI=1S/C16H16N4O2S/c1-3-7-13-17-18-16(23-10-4-2)19(13)20-14(21)11-8-5-6-9-12(11)15(20)22/h4-6,8-9H,2-3,7,10H2,1H3. The molecule has 6 nitrogen and oxygen atoms in total. The van der Waals surface area contributed by atoms with Crippen molar-refractivity contribution in [1.82, 2.24) is 14.9 Å². The first kappa shape index (κ1) is 15.5. The van der Waals surface area contributed by atoms with Gasteiger partial charge >= 0.3 is 0 Å². The lowest BCUT2D eigenvalue weighted by atomic mass is 10.1. The predicted octanol–water partition coefficient (Wildman–Crippen LogP) is 2.44. The van der Waals surface area contributed by atoms with Crippen LogP contribution >= 0.6 is 11.8 Å². The van der Waals surface area contributed by atoms with Crippen LogP contribution in [0.25, 0.3) is 0 Å². The van der Waals surface area contributed by atoms with Crippen molar-refractivity contribution in [2.24, 2.45) is 0 Å². The Morgan fingerprint density at radius 2 is 1.83 bits per heavy atom. The fraction of sp³-hybridized carbons (Fsp3) is 0.250. The lowest BCUT2D eigenvalue weighted by Crippen LogP contribution is -2.41. The highest BCUT2D eigenvalue weighted by Crippen LogP contribution is 2.26. The van der Waals surface area contributed by atoms with E-state index in [-0.39, 0.29) is 11.8 Å². The minimum absolute atomic E-state index is 0.344. The first-order chi connectivity index (χ1) is 11.2. The number of fused-ring (bicyclic) bond motifs is 1. The van der Waals surface area contributed by atoms with E-state index in [9.17, 15) is 9.59 Å².